The van der Waals surface area contributed by atoms with E-state index in [2.05, 4.69) is 15.2 Å². The number of fused-ring (bicyclic) bond motifs is 1. The lowest BCUT2D eigenvalue weighted by Gasteiger charge is -2.04. The molecule has 74 valence electrons. The predicted molar refractivity (Wildman–Crippen MR) is 47.9 cm³/mol. The van der Waals surface area contributed by atoms with Crippen molar-refractivity contribution in [1.29, 1.82) is 0 Å². The van der Waals surface area contributed by atoms with Gasteiger partial charge in [0.25, 0.3) is 0 Å². The van der Waals surface area contributed by atoms with Crippen LogP contribution in [-0.2, 0) is 17.6 Å². The minimum absolute atomic E-state index is 0.318. The molecule has 1 unspecified atom stereocenters. The Balaban J connectivity index is 2.33. The lowest BCUT2D eigenvalue weighted by molar-refractivity contribution is -0.138. The van der Waals surface area contributed by atoms with Crippen molar-refractivity contribution in [2.45, 2.75) is 32.1 Å². The minimum atomic E-state index is -0.912. The summed E-state index contributed by atoms with van der Waals surface area (Å²) in [4.78, 5) is 14.9. The van der Waals surface area contributed by atoms with Gasteiger partial charge in [-0.2, -0.15) is 5.10 Å². The molecule has 0 spiro atoms. The van der Waals surface area contributed by atoms with Gasteiger partial charge in [-0.25, -0.2) is 4.98 Å². The third-order valence-electron chi connectivity index (χ3n) is 2.44. The molecule has 0 aliphatic heterocycles. The van der Waals surface area contributed by atoms with Crippen molar-refractivity contribution in [3.8, 4) is 0 Å². The van der Waals surface area contributed by atoms with Gasteiger partial charge in [-0.3, -0.25) is 4.79 Å². The van der Waals surface area contributed by atoms with Crippen LogP contribution in [0.25, 0.3) is 0 Å². The van der Waals surface area contributed by atoms with Gasteiger partial charge < -0.3 is 5.11 Å². The standard InChI is InChI=1S/C9H11N3O2/c1-5(9(13)14)8-10-6-3-2-4-7(6)11-12-8/h5H,2-4H2,1H3,(H,13,14). The number of rotatable bonds is 2. The van der Waals surface area contributed by atoms with Gasteiger partial charge in [-0.05, 0) is 26.2 Å². The van der Waals surface area contributed by atoms with Gasteiger partial charge in [0.2, 0.25) is 0 Å². The second-order valence-electron chi connectivity index (χ2n) is 3.48. The number of aryl methyl sites for hydroxylation is 2. The molecule has 0 aromatic carbocycles. The van der Waals surface area contributed by atoms with Crippen LogP contribution in [0.4, 0.5) is 0 Å². The number of carboxylic acid groups (broad SMARTS) is 1. The van der Waals surface area contributed by atoms with E-state index < -0.39 is 11.9 Å². The molecule has 1 aliphatic carbocycles. The number of hydrogen-bond acceptors (Lipinski definition) is 4. The van der Waals surface area contributed by atoms with Crippen molar-refractivity contribution >= 4 is 5.97 Å². The third kappa shape index (κ3) is 1.45. The zero-order valence-corrected chi connectivity index (χ0v) is 7.90. The molecule has 14 heavy (non-hydrogen) atoms. The van der Waals surface area contributed by atoms with Crippen LogP contribution in [-0.4, -0.2) is 26.3 Å². The topological polar surface area (TPSA) is 76.0 Å². The van der Waals surface area contributed by atoms with Crippen LogP contribution < -0.4 is 0 Å². The molecule has 0 saturated carbocycles. The van der Waals surface area contributed by atoms with Gasteiger partial charge >= 0.3 is 5.97 Å². The minimum Gasteiger partial charge on any atom is -0.481 e. The monoisotopic (exact) mass is 193 g/mol. The molecule has 2 rings (SSSR count). The van der Waals surface area contributed by atoms with Crippen LogP contribution in [0.3, 0.4) is 0 Å². The fourth-order valence-corrected chi connectivity index (χ4v) is 1.51. The van der Waals surface area contributed by atoms with Gasteiger partial charge in [-0.15, -0.1) is 5.10 Å². The Morgan fingerprint density at radius 3 is 2.79 bits per heavy atom. The highest BCUT2D eigenvalue weighted by Gasteiger charge is 2.21. The van der Waals surface area contributed by atoms with Crippen molar-refractivity contribution in [3.63, 3.8) is 0 Å². The summed E-state index contributed by atoms with van der Waals surface area (Å²) in [6.07, 6.45) is 2.85. The molecule has 5 nitrogen and oxygen atoms in total. The summed E-state index contributed by atoms with van der Waals surface area (Å²) in [6, 6.07) is 0. The fourth-order valence-electron chi connectivity index (χ4n) is 1.51. The number of nitrogens with zero attached hydrogens (tertiary/aromatic N) is 3. The number of aliphatic carboxylic acids is 1. The van der Waals surface area contributed by atoms with Crippen molar-refractivity contribution < 1.29 is 9.90 Å². The lowest BCUT2D eigenvalue weighted by Crippen LogP contribution is -2.13. The third-order valence-corrected chi connectivity index (χ3v) is 2.44. The summed E-state index contributed by atoms with van der Waals surface area (Å²) < 4.78 is 0. The molecule has 0 amide bonds. The van der Waals surface area contributed by atoms with E-state index in [1.165, 1.54) is 0 Å². The molecule has 1 aromatic heterocycles. The highest BCUT2D eigenvalue weighted by Crippen LogP contribution is 2.18. The second-order valence-corrected chi connectivity index (χ2v) is 3.48. The first kappa shape index (κ1) is 9.05. The van der Waals surface area contributed by atoms with E-state index >= 15 is 0 Å². The maximum absolute atomic E-state index is 10.7. The first-order valence-corrected chi connectivity index (χ1v) is 4.63. The summed E-state index contributed by atoms with van der Waals surface area (Å²) >= 11 is 0. The molecule has 1 heterocycles. The summed E-state index contributed by atoms with van der Waals surface area (Å²) in [6.45, 7) is 1.57. The van der Waals surface area contributed by atoms with E-state index in [4.69, 9.17) is 5.11 Å². The van der Waals surface area contributed by atoms with E-state index in [-0.39, 0.29) is 0 Å². The molecule has 5 heteroatoms. The smallest absolute Gasteiger partial charge is 0.314 e. The first-order valence-electron chi connectivity index (χ1n) is 4.63. The molecular formula is C9H11N3O2. The Morgan fingerprint density at radius 2 is 2.07 bits per heavy atom. The Bertz CT molecular complexity index is 378. The van der Waals surface area contributed by atoms with Crippen LogP contribution in [0.1, 0.15) is 36.5 Å². The average molecular weight is 193 g/mol. The van der Waals surface area contributed by atoms with E-state index in [0.717, 1.165) is 30.7 Å². The zero-order valence-electron chi connectivity index (χ0n) is 7.90. The van der Waals surface area contributed by atoms with Crippen LogP contribution in [0.2, 0.25) is 0 Å². The van der Waals surface area contributed by atoms with Gasteiger partial charge in [0.1, 0.15) is 5.92 Å². The van der Waals surface area contributed by atoms with Crippen LogP contribution in [0.5, 0.6) is 0 Å². The summed E-state index contributed by atoms with van der Waals surface area (Å²) in [5.41, 5.74) is 1.84. The predicted octanol–water partition coefficient (Wildman–Crippen LogP) is 0.548. The van der Waals surface area contributed by atoms with Crippen molar-refractivity contribution in [2.24, 2.45) is 0 Å². The normalized spacial score (nSPS) is 16.4. The molecule has 1 aliphatic rings. The Morgan fingerprint density at radius 1 is 1.36 bits per heavy atom. The van der Waals surface area contributed by atoms with Crippen LogP contribution in [0, 0.1) is 0 Å². The summed E-state index contributed by atoms with van der Waals surface area (Å²) in [5, 5.41) is 16.6. The number of carboxylic acids is 1. The van der Waals surface area contributed by atoms with E-state index in [1.54, 1.807) is 6.92 Å². The largest absolute Gasteiger partial charge is 0.481 e. The van der Waals surface area contributed by atoms with E-state index in [1.807, 2.05) is 0 Å². The van der Waals surface area contributed by atoms with Crippen molar-refractivity contribution in [2.75, 3.05) is 0 Å². The van der Waals surface area contributed by atoms with Crippen molar-refractivity contribution in [1.82, 2.24) is 15.2 Å². The summed E-state index contributed by atoms with van der Waals surface area (Å²) in [7, 11) is 0. The first-order chi connectivity index (χ1) is 6.68. The highest BCUT2D eigenvalue weighted by atomic mass is 16.4. The van der Waals surface area contributed by atoms with Gasteiger partial charge in [0.15, 0.2) is 5.82 Å². The van der Waals surface area contributed by atoms with Gasteiger partial charge in [-0.1, -0.05) is 0 Å². The quantitative estimate of drug-likeness (QED) is 0.742. The molecule has 0 bridgehead atoms. The lowest BCUT2D eigenvalue weighted by atomic mass is 10.2. The van der Waals surface area contributed by atoms with Crippen LogP contribution >= 0.6 is 0 Å². The molecule has 0 fully saturated rings. The maximum Gasteiger partial charge on any atom is 0.314 e. The van der Waals surface area contributed by atoms with Gasteiger partial charge in [0, 0.05) is 0 Å². The fraction of sp³-hybridized carbons (Fsp3) is 0.556. The Kier molecular flexibility index (Phi) is 2.15. The number of aromatic nitrogens is 3. The highest BCUT2D eigenvalue weighted by molar-refractivity contribution is 5.74. The molecule has 1 aromatic rings. The Hall–Kier alpha value is -1.52. The maximum atomic E-state index is 10.7. The molecule has 0 radical (unpaired) electrons. The average Bonchev–Trinajstić information content (AvgIpc) is 2.62. The molecular weight excluding hydrogens is 182 g/mol. The molecule has 1 N–H and O–H groups in total. The number of carbonyl (C=O) groups is 1. The van der Waals surface area contributed by atoms with E-state index in [0.29, 0.717) is 5.82 Å². The number of hydrogen-bond donors (Lipinski definition) is 1. The van der Waals surface area contributed by atoms with Gasteiger partial charge in [0.05, 0.1) is 11.4 Å². The zero-order chi connectivity index (χ0) is 10.1. The van der Waals surface area contributed by atoms with Crippen molar-refractivity contribution in [3.05, 3.63) is 17.2 Å². The van der Waals surface area contributed by atoms with Crippen LogP contribution in [0.15, 0.2) is 0 Å². The molecule has 0 saturated heterocycles. The SMILES string of the molecule is CC(C(=O)O)c1nnc2c(n1)CCC2. The Labute approximate surface area is 81.2 Å². The second kappa shape index (κ2) is 3.32. The van der Waals surface area contributed by atoms with E-state index in [9.17, 15) is 4.79 Å². The molecule has 1 atom stereocenters. The summed E-state index contributed by atoms with van der Waals surface area (Å²) in [5.74, 6) is -1.27.